The number of carbonyl (C=O) groups excluding carboxylic acids is 1. The molecule has 138 valence electrons. The molecule has 0 aliphatic heterocycles. The van der Waals surface area contributed by atoms with E-state index in [9.17, 15) is 4.79 Å². The highest BCUT2D eigenvalue weighted by atomic mass is 28.4. The highest BCUT2D eigenvalue weighted by Gasteiger charge is 2.37. The van der Waals surface area contributed by atoms with Crippen LogP contribution in [0, 0.1) is 5.41 Å². The first-order valence-corrected chi connectivity index (χ1v) is 11.8. The molecular weight excluding hydrogens is 316 g/mol. The number of hydrogen-bond donors (Lipinski definition) is 0. The number of carbonyl (C=O) groups is 1. The zero-order valence-corrected chi connectivity index (χ0v) is 18.3. The van der Waals surface area contributed by atoms with E-state index in [0.717, 1.165) is 11.4 Å². The summed E-state index contributed by atoms with van der Waals surface area (Å²) in [5.41, 5.74) is 1.66. The predicted octanol–water partition coefficient (Wildman–Crippen LogP) is 5.14. The average molecular weight is 353 g/mol. The zero-order chi connectivity index (χ0) is 18.9. The van der Waals surface area contributed by atoms with Gasteiger partial charge in [0, 0.05) is 5.41 Å². The minimum absolute atomic E-state index is 0.167. The first kappa shape index (κ1) is 21.1. The Bertz CT molecular complexity index is 575. The maximum Gasteiger partial charge on any atom is 0.192 e. The van der Waals surface area contributed by atoms with Gasteiger partial charge in [-0.1, -0.05) is 55.4 Å². The SMILES string of the molecule is CC(C)c1cc(CO[Si](C)(C)C(C)(C)C)n(CC(=O)C(C)(C)C)n1. The average Bonchev–Trinajstić information content (AvgIpc) is 2.77. The summed E-state index contributed by atoms with van der Waals surface area (Å²) in [6.07, 6.45) is 0. The molecule has 0 spiro atoms. The third kappa shape index (κ3) is 5.28. The highest BCUT2D eigenvalue weighted by Crippen LogP contribution is 2.37. The fourth-order valence-electron chi connectivity index (χ4n) is 1.86. The van der Waals surface area contributed by atoms with Gasteiger partial charge in [0.05, 0.1) is 18.0 Å². The van der Waals surface area contributed by atoms with E-state index in [4.69, 9.17) is 4.43 Å². The van der Waals surface area contributed by atoms with Crippen LogP contribution >= 0.6 is 0 Å². The first-order valence-electron chi connectivity index (χ1n) is 8.89. The summed E-state index contributed by atoms with van der Waals surface area (Å²) in [7, 11) is -1.83. The standard InChI is InChI=1S/C19H36N2O2Si/c1-14(2)16-11-15(13-23-24(9,10)19(6,7)8)21(20-16)12-17(22)18(3,4)5/h11,14H,12-13H2,1-10H3. The van der Waals surface area contributed by atoms with Crippen molar-refractivity contribution in [3.8, 4) is 0 Å². The molecule has 0 unspecified atom stereocenters. The van der Waals surface area contributed by atoms with Crippen molar-refractivity contribution in [2.24, 2.45) is 5.41 Å². The van der Waals surface area contributed by atoms with Gasteiger partial charge in [0.15, 0.2) is 14.1 Å². The van der Waals surface area contributed by atoms with Gasteiger partial charge in [0.25, 0.3) is 0 Å². The van der Waals surface area contributed by atoms with Gasteiger partial charge < -0.3 is 4.43 Å². The highest BCUT2D eigenvalue weighted by molar-refractivity contribution is 6.74. The van der Waals surface area contributed by atoms with Gasteiger partial charge in [-0.3, -0.25) is 9.48 Å². The summed E-state index contributed by atoms with van der Waals surface area (Å²) in [4.78, 5) is 12.4. The summed E-state index contributed by atoms with van der Waals surface area (Å²) < 4.78 is 8.19. The van der Waals surface area contributed by atoms with Crippen LogP contribution in [0.4, 0.5) is 0 Å². The molecule has 0 saturated heterocycles. The van der Waals surface area contributed by atoms with E-state index in [2.05, 4.69) is 58.9 Å². The number of ketones is 1. The second kappa shape index (κ2) is 7.12. The van der Waals surface area contributed by atoms with Crippen molar-refractivity contribution in [3.05, 3.63) is 17.5 Å². The fourth-order valence-corrected chi connectivity index (χ4v) is 2.80. The minimum Gasteiger partial charge on any atom is -0.411 e. The van der Waals surface area contributed by atoms with Crippen molar-refractivity contribution in [2.75, 3.05) is 0 Å². The van der Waals surface area contributed by atoms with Crippen LogP contribution in [0.3, 0.4) is 0 Å². The van der Waals surface area contributed by atoms with E-state index in [1.165, 1.54) is 0 Å². The lowest BCUT2D eigenvalue weighted by Crippen LogP contribution is -2.40. The van der Waals surface area contributed by atoms with E-state index in [1.54, 1.807) is 0 Å². The summed E-state index contributed by atoms with van der Waals surface area (Å²) in [6, 6.07) is 2.09. The first-order chi connectivity index (χ1) is 10.6. The van der Waals surface area contributed by atoms with Crippen LogP contribution in [-0.4, -0.2) is 23.9 Å². The Kier molecular flexibility index (Phi) is 6.26. The summed E-state index contributed by atoms with van der Waals surface area (Å²) in [5, 5.41) is 4.82. The van der Waals surface area contributed by atoms with Crippen molar-refractivity contribution >= 4 is 14.1 Å². The molecule has 0 N–H and O–H groups in total. The molecule has 0 saturated carbocycles. The molecule has 0 fully saturated rings. The number of hydrogen-bond acceptors (Lipinski definition) is 3. The molecule has 24 heavy (non-hydrogen) atoms. The lowest BCUT2D eigenvalue weighted by Gasteiger charge is -2.36. The lowest BCUT2D eigenvalue weighted by molar-refractivity contribution is -0.127. The third-order valence-corrected chi connectivity index (χ3v) is 9.47. The molecule has 0 amide bonds. The molecule has 0 aromatic carbocycles. The van der Waals surface area contributed by atoms with E-state index in [0.29, 0.717) is 19.1 Å². The molecule has 1 heterocycles. The minimum atomic E-state index is -1.83. The topological polar surface area (TPSA) is 44.1 Å². The van der Waals surface area contributed by atoms with Gasteiger partial charge in [-0.05, 0) is 30.1 Å². The molecule has 1 aromatic rings. The van der Waals surface area contributed by atoms with Crippen LogP contribution in [0.2, 0.25) is 18.1 Å². The van der Waals surface area contributed by atoms with Crippen LogP contribution in [0.25, 0.3) is 0 Å². The maximum absolute atomic E-state index is 12.4. The number of Topliss-reactive ketones (excluding diaryl/α,β-unsaturated/α-hetero) is 1. The molecule has 5 heteroatoms. The van der Waals surface area contributed by atoms with Gasteiger partial charge >= 0.3 is 0 Å². The van der Waals surface area contributed by atoms with Crippen molar-refractivity contribution < 1.29 is 9.22 Å². The van der Waals surface area contributed by atoms with Gasteiger partial charge in [0.1, 0.15) is 6.54 Å². The largest absolute Gasteiger partial charge is 0.411 e. The number of nitrogens with zero attached hydrogens (tertiary/aromatic N) is 2. The molecular formula is C19H36N2O2Si. The number of rotatable bonds is 6. The quantitative estimate of drug-likeness (QED) is 0.666. The monoisotopic (exact) mass is 352 g/mol. The molecule has 0 radical (unpaired) electrons. The van der Waals surface area contributed by atoms with Crippen LogP contribution in [-0.2, 0) is 22.4 Å². The van der Waals surface area contributed by atoms with Crippen LogP contribution in [0.1, 0.15) is 72.7 Å². The van der Waals surface area contributed by atoms with Gasteiger partial charge in [-0.2, -0.15) is 5.10 Å². The van der Waals surface area contributed by atoms with Crippen molar-refractivity contribution in [1.29, 1.82) is 0 Å². The Labute approximate surface area is 149 Å². The lowest BCUT2D eigenvalue weighted by atomic mass is 9.91. The van der Waals surface area contributed by atoms with E-state index in [-0.39, 0.29) is 16.2 Å². The van der Waals surface area contributed by atoms with Crippen LogP contribution in [0.5, 0.6) is 0 Å². The van der Waals surface area contributed by atoms with Crippen molar-refractivity contribution in [3.63, 3.8) is 0 Å². The molecule has 1 rings (SSSR count). The van der Waals surface area contributed by atoms with Crippen molar-refractivity contribution in [1.82, 2.24) is 9.78 Å². The number of aromatic nitrogens is 2. The second-order valence-corrected chi connectivity index (χ2v) is 14.4. The molecule has 4 nitrogen and oxygen atoms in total. The molecule has 1 aromatic heterocycles. The third-order valence-electron chi connectivity index (χ3n) is 4.99. The molecule has 0 aliphatic carbocycles. The second-order valence-electron chi connectivity index (χ2n) is 9.60. The Morgan fingerprint density at radius 2 is 1.75 bits per heavy atom. The van der Waals surface area contributed by atoms with Crippen LogP contribution in [0.15, 0.2) is 6.07 Å². The Morgan fingerprint density at radius 1 is 1.21 bits per heavy atom. The molecule has 0 aliphatic rings. The summed E-state index contributed by atoms with van der Waals surface area (Å²) in [6.45, 7) is 22.1. The van der Waals surface area contributed by atoms with Gasteiger partial charge in [-0.15, -0.1) is 0 Å². The Balaban J connectivity index is 3.03. The van der Waals surface area contributed by atoms with E-state index in [1.807, 2.05) is 25.5 Å². The van der Waals surface area contributed by atoms with Crippen molar-refractivity contribution in [2.45, 2.75) is 92.6 Å². The summed E-state index contributed by atoms with van der Waals surface area (Å²) in [5.74, 6) is 0.525. The maximum atomic E-state index is 12.4. The fraction of sp³-hybridized carbons (Fsp3) is 0.789. The smallest absolute Gasteiger partial charge is 0.192 e. The van der Waals surface area contributed by atoms with E-state index >= 15 is 0 Å². The zero-order valence-electron chi connectivity index (χ0n) is 17.3. The Hall–Kier alpha value is -0.943. The normalized spacial score (nSPS) is 13.6. The Morgan fingerprint density at radius 3 is 2.17 bits per heavy atom. The molecule has 0 bridgehead atoms. The predicted molar refractivity (Wildman–Crippen MR) is 103 cm³/mol. The van der Waals surface area contributed by atoms with Gasteiger partial charge in [0.2, 0.25) is 0 Å². The molecule has 0 atom stereocenters. The van der Waals surface area contributed by atoms with Gasteiger partial charge in [-0.25, -0.2) is 0 Å². The van der Waals surface area contributed by atoms with E-state index < -0.39 is 8.32 Å². The van der Waals surface area contributed by atoms with Crippen LogP contribution < -0.4 is 0 Å². The summed E-state index contributed by atoms with van der Waals surface area (Å²) >= 11 is 0.